The van der Waals surface area contributed by atoms with Crippen LogP contribution in [0, 0.1) is 6.92 Å². The lowest BCUT2D eigenvalue weighted by atomic mass is 10.0. The normalized spacial score (nSPS) is 10.8. The van der Waals surface area contributed by atoms with Gasteiger partial charge in [0.15, 0.2) is 5.69 Å². The molecule has 0 spiro atoms. The Morgan fingerprint density at radius 3 is 2.84 bits per heavy atom. The van der Waals surface area contributed by atoms with Crippen molar-refractivity contribution < 1.29 is 9.53 Å². The second kappa shape index (κ2) is 7.36. The molecule has 2 aromatic heterocycles. The molecule has 2 heterocycles. The number of rotatable bonds is 6. The molecule has 0 fully saturated rings. The van der Waals surface area contributed by atoms with Crippen LogP contribution in [0.3, 0.4) is 0 Å². The lowest BCUT2D eigenvalue weighted by Gasteiger charge is -2.16. The number of carbonyl (C=O) groups excluding carboxylic acids is 1. The molecule has 0 amide bonds. The van der Waals surface area contributed by atoms with Gasteiger partial charge in [0.25, 0.3) is 0 Å². The van der Waals surface area contributed by atoms with Gasteiger partial charge in [-0.3, -0.25) is 4.40 Å². The van der Waals surface area contributed by atoms with Gasteiger partial charge in [-0.05, 0) is 42.8 Å². The highest BCUT2D eigenvalue weighted by molar-refractivity contribution is 5.94. The van der Waals surface area contributed by atoms with Crippen molar-refractivity contribution in [2.45, 2.75) is 20.0 Å². The van der Waals surface area contributed by atoms with Crippen LogP contribution in [0.25, 0.3) is 5.65 Å². The highest BCUT2D eigenvalue weighted by atomic mass is 16.5. The molecule has 1 aromatic carbocycles. The molecule has 0 bridgehead atoms. The number of nitrogens with one attached hydrogen (secondary N) is 2. The number of hydrogen-bond acceptors (Lipinski definition) is 5. The van der Waals surface area contributed by atoms with Crippen LogP contribution < -0.4 is 10.6 Å². The van der Waals surface area contributed by atoms with Gasteiger partial charge in [0, 0.05) is 25.5 Å². The van der Waals surface area contributed by atoms with Gasteiger partial charge in [-0.15, -0.1) is 0 Å². The summed E-state index contributed by atoms with van der Waals surface area (Å²) in [5, 5.41) is 6.58. The number of nitrogens with zero attached hydrogens (tertiary/aromatic N) is 2. The number of esters is 1. The van der Waals surface area contributed by atoms with Crippen molar-refractivity contribution >= 4 is 17.3 Å². The molecule has 3 aromatic rings. The maximum atomic E-state index is 12.3. The third-order valence-electron chi connectivity index (χ3n) is 4.27. The smallest absolute Gasteiger partial charge is 0.357 e. The zero-order valence-electron chi connectivity index (χ0n) is 14.7. The maximum Gasteiger partial charge on any atom is 0.357 e. The molecular weight excluding hydrogens is 316 g/mol. The molecule has 0 atom stereocenters. The van der Waals surface area contributed by atoms with Crippen molar-refractivity contribution in [1.82, 2.24) is 14.7 Å². The minimum Gasteiger partial charge on any atom is -0.464 e. The Bertz CT molecular complexity index is 902. The van der Waals surface area contributed by atoms with Crippen molar-refractivity contribution in [3.63, 3.8) is 0 Å². The Balaban J connectivity index is 1.94. The zero-order chi connectivity index (χ0) is 17.8. The fourth-order valence-corrected chi connectivity index (χ4v) is 2.99. The van der Waals surface area contributed by atoms with Crippen LogP contribution in [-0.2, 0) is 17.8 Å². The van der Waals surface area contributed by atoms with E-state index in [0.29, 0.717) is 23.6 Å². The van der Waals surface area contributed by atoms with Crippen LogP contribution in [0.1, 0.15) is 27.2 Å². The summed E-state index contributed by atoms with van der Waals surface area (Å²) in [6, 6.07) is 9.99. The van der Waals surface area contributed by atoms with E-state index in [9.17, 15) is 4.79 Å². The van der Waals surface area contributed by atoms with Crippen molar-refractivity contribution in [2.24, 2.45) is 0 Å². The number of aryl methyl sites for hydroxylation is 1. The first-order valence-electron chi connectivity index (χ1n) is 8.16. The van der Waals surface area contributed by atoms with Gasteiger partial charge in [-0.2, -0.15) is 0 Å². The van der Waals surface area contributed by atoms with Gasteiger partial charge in [-0.1, -0.05) is 18.2 Å². The monoisotopic (exact) mass is 338 g/mol. The van der Waals surface area contributed by atoms with Crippen LogP contribution >= 0.6 is 0 Å². The Morgan fingerprint density at radius 2 is 2.08 bits per heavy atom. The number of carbonyl (C=O) groups is 1. The predicted molar refractivity (Wildman–Crippen MR) is 97.8 cm³/mol. The molecule has 6 heteroatoms. The van der Waals surface area contributed by atoms with Crippen LogP contribution in [0.5, 0.6) is 0 Å². The van der Waals surface area contributed by atoms with E-state index in [1.807, 2.05) is 25.2 Å². The van der Waals surface area contributed by atoms with Gasteiger partial charge < -0.3 is 15.4 Å². The summed E-state index contributed by atoms with van der Waals surface area (Å²) in [7, 11) is 3.32. The van der Waals surface area contributed by atoms with Crippen LogP contribution in [0.2, 0.25) is 0 Å². The van der Waals surface area contributed by atoms with Crippen molar-refractivity contribution in [3.8, 4) is 0 Å². The summed E-state index contributed by atoms with van der Waals surface area (Å²) in [4.78, 5) is 16.5. The molecule has 6 nitrogen and oxygen atoms in total. The Morgan fingerprint density at radius 1 is 1.24 bits per heavy atom. The molecule has 0 aliphatic carbocycles. The standard InChI is InChI=1S/C19H22N4O2/c1-13-5-4-6-14(15(13)12-20-2)11-22-16-7-8-17-21-9-10-23(17)18(16)19(24)25-3/h4-10,20,22H,11-12H2,1-3H3. The number of aromatic nitrogens is 2. The van der Waals surface area contributed by atoms with E-state index in [1.54, 1.807) is 16.8 Å². The largest absolute Gasteiger partial charge is 0.464 e. The highest BCUT2D eigenvalue weighted by Crippen LogP contribution is 2.21. The number of benzene rings is 1. The zero-order valence-corrected chi connectivity index (χ0v) is 14.7. The van der Waals surface area contributed by atoms with E-state index in [-0.39, 0.29) is 0 Å². The van der Waals surface area contributed by atoms with Gasteiger partial charge in [0.1, 0.15) is 5.65 Å². The number of hydrogen-bond donors (Lipinski definition) is 2. The Kier molecular flexibility index (Phi) is 5.00. The van der Waals surface area contributed by atoms with Crippen molar-refractivity contribution in [1.29, 1.82) is 0 Å². The molecule has 0 unspecified atom stereocenters. The fourth-order valence-electron chi connectivity index (χ4n) is 2.99. The average molecular weight is 338 g/mol. The quantitative estimate of drug-likeness (QED) is 0.677. The first-order valence-corrected chi connectivity index (χ1v) is 8.16. The number of pyridine rings is 1. The second-order valence-electron chi connectivity index (χ2n) is 5.84. The minimum absolute atomic E-state index is 0.397. The minimum atomic E-state index is -0.397. The number of anilines is 1. The molecule has 0 aliphatic rings. The first-order chi connectivity index (χ1) is 12.2. The van der Waals surface area contributed by atoms with Gasteiger partial charge in [-0.25, -0.2) is 9.78 Å². The van der Waals surface area contributed by atoms with Crippen molar-refractivity contribution in [2.75, 3.05) is 19.5 Å². The third-order valence-corrected chi connectivity index (χ3v) is 4.27. The van der Waals surface area contributed by atoms with Gasteiger partial charge in [0.2, 0.25) is 0 Å². The lowest BCUT2D eigenvalue weighted by molar-refractivity contribution is 0.0593. The van der Waals surface area contributed by atoms with E-state index >= 15 is 0 Å². The van der Waals surface area contributed by atoms with Gasteiger partial charge >= 0.3 is 5.97 Å². The first kappa shape index (κ1) is 17.0. The number of imidazole rings is 1. The van der Waals surface area contributed by atoms with Gasteiger partial charge in [0.05, 0.1) is 12.8 Å². The summed E-state index contributed by atoms with van der Waals surface area (Å²) in [6.45, 7) is 3.52. The number of fused-ring (bicyclic) bond motifs is 1. The summed E-state index contributed by atoms with van der Waals surface area (Å²) in [6.07, 6.45) is 3.42. The fraction of sp³-hybridized carbons (Fsp3) is 0.263. The summed E-state index contributed by atoms with van der Waals surface area (Å²) in [5.74, 6) is -0.397. The number of ether oxygens (including phenoxy) is 1. The maximum absolute atomic E-state index is 12.3. The van der Waals surface area contributed by atoms with E-state index in [4.69, 9.17) is 4.74 Å². The summed E-state index contributed by atoms with van der Waals surface area (Å²) >= 11 is 0. The molecule has 0 aliphatic heterocycles. The van der Waals surface area contributed by atoms with Crippen LogP contribution in [0.15, 0.2) is 42.7 Å². The van der Waals surface area contributed by atoms with Crippen LogP contribution in [-0.4, -0.2) is 29.5 Å². The SMILES string of the molecule is CNCc1c(C)cccc1CNc1ccc2nccn2c1C(=O)OC. The molecule has 0 saturated carbocycles. The molecular formula is C19H22N4O2. The van der Waals surface area contributed by atoms with E-state index in [0.717, 1.165) is 6.54 Å². The van der Waals surface area contributed by atoms with E-state index in [2.05, 4.69) is 34.7 Å². The molecule has 130 valence electrons. The predicted octanol–water partition coefficient (Wildman–Crippen LogP) is 2.76. The van der Waals surface area contributed by atoms with Crippen LogP contribution in [0.4, 0.5) is 5.69 Å². The lowest BCUT2D eigenvalue weighted by Crippen LogP contribution is -2.15. The summed E-state index contributed by atoms with van der Waals surface area (Å²) in [5.41, 5.74) is 5.57. The second-order valence-corrected chi connectivity index (χ2v) is 5.84. The Labute approximate surface area is 146 Å². The summed E-state index contributed by atoms with van der Waals surface area (Å²) < 4.78 is 6.69. The molecule has 2 N–H and O–H groups in total. The highest BCUT2D eigenvalue weighted by Gasteiger charge is 2.17. The molecule has 0 saturated heterocycles. The average Bonchev–Trinajstić information content (AvgIpc) is 3.09. The molecule has 3 rings (SSSR count). The van der Waals surface area contributed by atoms with Crippen molar-refractivity contribution in [3.05, 3.63) is 65.1 Å². The molecule has 0 radical (unpaired) electrons. The molecule has 25 heavy (non-hydrogen) atoms. The topological polar surface area (TPSA) is 67.7 Å². The van der Waals surface area contributed by atoms with E-state index in [1.165, 1.54) is 23.8 Å². The third kappa shape index (κ3) is 3.34. The Hall–Kier alpha value is -2.86. The number of methoxy groups -OCH3 is 1. The van der Waals surface area contributed by atoms with E-state index < -0.39 is 5.97 Å².